The summed E-state index contributed by atoms with van der Waals surface area (Å²) < 4.78 is 4.84. The van der Waals surface area contributed by atoms with Crippen molar-refractivity contribution in [1.82, 2.24) is 15.4 Å². The van der Waals surface area contributed by atoms with Crippen LogP contribution in [0.2, 0.25) is 0 Å². The van der Waals surface area contributed by atoms with Crippen molar-refractivity contribution in [1.29, 1.82) is 0 Å². The van der Waals surface area contributed by atoms with Gasteiger partial charge < -0.3 is 14.7 Å². The van der Waals surface area contributed by atoms with Crippen LogP contribution < -0.4 is 5.32 Å². The molecule has 0 unspecified atom stereocenters. The van der Waals surface area contributed by atoms with Gasteiger partial charge in [-0.1, -0.05) is 5.16 Å². The highest BCUT2D eigenvalue weighted by atomic mass is 16.5. The number of nitrogens with one attached hydrogen (secondary N) is 1. The van der Waals surface area contributed by atoms with Crippen LogP contribution in [0.25, 0.3) is 0 Å². The fraction of sp³-hybridized carbons (Fsp3) is 0.500. The van der Waals surface area contributed by atoms with Crippen molar-refractivity contribution in [3.05, 3.63) is 17.5 Å². The van der Waals surface area contributed by atoms with E-state index in [9.17, 15) is 9.59 Å². The molecule has 0 aromatic carbocycles. The molecule has 86 valence electrons. The number of carbonyl (C=O) groups excluding carboxylic acids is 2. The summed E-state index contributed by atoms with van der Waals surface area (Å²) in [4.78, 5) is 24.1. The summed E-state index contributed by atoms with van der Waals surface area (Å²) in [6.07, 6.45) is 2.27. The molecule has 1 aliphatic rings. The third-order valence-electron chi connectivity index (χ3n) is 2.55. The van der Waals surface area contributed by atoms with Gasteiger partial charge >= 0.3 is 0 Å². The first-order valence-electron chi connectivity index (χ1n) is 5.11. The van der Waals surface area contributed by atoms with E-state index in [4.69, 9.17) is 4.52 Å². The van der Waals surface area contributed by atoms with E-state index < -0.39 is 0 Å². The Labute approximate surface area is 92.6 Å². The van der Waals surface area contributed by atoms with Gasteiger partial charge in [0.1, 0.15) is 6.26 Å². The van der Waals surface area contributed by atoms with Crippen LogP contribution >= 0.6 is 0 Å². The van der Waals surface area contributed by atoms with Crippen molar-refractivity contribution in [2.75, 3.05) is 13.1 Å². The predicted octanol–water partition coefficient (Wildman–Crippen LogP) is -0.305. The van der Waals surface area contributed by atoms with Gasteiger partial charge in [-0.15, -0.1) is 0 Å². The summed E-state index contributed by atoms with van der Waals surface area (Å²) in [5.41, 5.74) is 1.87. The van der Waals surface area contributed by atoms with Crippen LogP contribution in [0.1, 0.15) is 18.2 Å². The van der Waals surface area contributed by atoms with Crippen molar-refractivity contribution in [3.8, 4) is 0 Å². The standard InChI is InChI=1S/C10H13N3O3/c1-7(14)11-4-10(15)13-3-2-9-8(5-13)6-16-12-9/h6H,2-5H2,1H3,(H,11,14). The minimum Gasteiger partial charge on any atom is -0.364 e. The molecule has 1 N–H and O–H groups in total. The van der Waals surface area contributed by atoms with Crippen LogP contribution in [0.3, 0.4) is 0 Å². The Bertz CT molecular complexity index is 413. The molecule has 1 aromatic rings. The Balaban J connectivity index is 1.93. The molecule has 0 saturated heterocycles. The van der Waals surface area contributed by atoms with Crippen LogP contribution in [0.15, 0.2) is 10.8 Å². The lowest BCUT2D eigenvalue weighted by Gasteiger charge is -2.25. The fourth-order valence-corrected chi connectivity index (χ4v) is 1.67. The number of rotatable bonds is 2. The van der Waals surface area contributed by atoms with E-state index in [1.54, 1.807) is 11.2 Å². The molecule has 2 rings (SSSR count). The van der Waals surface area contributed by atoms with Gasteiger partial charge in [-0.3, -0.25) is 9.59 Å². The lowest BCUT2D eigenvalue weighted by Crippen LogP contribution is -2.41. The van der Waals surface area contributed by atoms with Crippen molar-refractivity contribution in [3.63, 3.8) is 0 Å². The van der Waals surface area contributed by atoms with Crippen molar-refractivity contribution in [2.24, 2.45) is 0 Å². The zero-order valence-corrected chi connectivity index (χ0v) is 9.02. The van der Waals surface area contributed by atoms with Crippen LogP contribution in [0.4, 0.5) is 0 Å². The molecule has 2 amide bonds. The molecule has 1 aliphatic heterocycles. The smallest absolute Gasteiger partial charge is 0.242 e. The Morgan fingerprint density at radius 2 is 2.44 bits per heavy atom. The molecule has 0 bridgehead atoms. The zero-order chi connectivity index (χ0) is 11.5. The van der Waals surface area contributed by atoms with Gasteiger partial charge in [0.15, 0.2) is 0 Å². The molecule has 0 radical (unpaired) electrons. The van der Waals surface area contributed by atoms with Crippen LogP contribution in [0.5, 0.6) is 0 Å². The normalized spacial score (nSPS) is 14.4. The van der Waals surface area contributed by atoms with E-state index in [0.717, 1.165) is 11.3 Å². The van der Waals surface area contributed by atoms with Crippen molar-refractivity contribution >= 4 is 11.8 Å². The van der Waals surface area contributed by atoms with Gasteiger partial charge in [-0.25, -0.2) is 0 Å². The molecule has 16 heavy (non-hydrogen) atoms. The van der Waals surface area contributed by atoms with Crippen LogP contribution in [-0.4, -0.2) is 35.0 Å². The van der Waals surface area contributed by atoms with Gasteiger partial charge in [-0.2, -0.15) is 0 Å². The third kappa shape index (κ3) is 2.21. The summed E-state index contributed by atoms with van der Waals surface area (Å²) in [7, 11) is 0. The molecule has 6 heteroatoms. The van der Waals surface area contributed by atoms with Gasteiger partial charge in [0.05, 0.1) is 18.8 Å². The van der Waals surface area contributed by atoms with Gasteiger partial charge in [0.25, 0.3) is 0 Å². The molecule has 0 aliphatic carbocycles. The second-order valence-corrected chi connectivity index (χ2v) is 3.76. The maximum Gasteiger partial charge on any atom is 0.242 e. The second kappa shape index (κ2) is 4.34. The summed E-state index contributed by atoms with van der Waals surface area (Å²) >= 11 is 0. The summed E-state index contributed by atoms with van der Waals surface area (Å²) in [6, 6.07) is 0. The minimum absolute atomic E-state index is 0.0515. The first-order valence-corrected chi connectivity index (χ1v) is 5.11. The number of hydrogen-bond donors (Lipinski definition) is 1. The topological polar surface area (TPSA) is 75.4 Å². The fourth-order valence-electron chi connectivity index (χ4n) is 1.67. The Kier molecular flexibility index (Phi) is 2.89. The van der Waals surface area contributed by atoms with Crippen LogP contribution in [-0.2, 0) is 22.6 Å². The first-order chi connectivity index (χ1) is 7.66. The highest BCUT2D eigenvalue weighted by Gasteiger charge is 2.22. The van der Waals surface area contributed by atoms with E-state index in [1.165, 1.54) is 6.92 Å². The predicted molar refractivity (Wildman–Crippen MR) is 54.3 cm³/mol. The van der Waals surface area contributed by atoms with Crippen molar-refractivity contribution < 1.29 is 14.1 Å². The Hall–Kier alpha value is -1.85. The van der Waals surface area contributed by atoms with Gasteiger partial charge in [0, 0.05) is 25.5 Å². The zero-order valence-electron chi connectivity index (χ0n) is 9.02. The number of nitrogens with zero attached hydrogens (tertiary/aromatic N) is 2. The average Bonchev–Trinajstić information content (AvgIpc) is 2.72. The SMILES string of the molecule is CC(=O)NCC(=O)N1CCc2nocc2C1. The minimum atomic E-state index is -0.198. The molecule has 0 atom stereocenters. The molecule has 0 saturated carbocycles. The highest BCUT2D eigenvalue weighted by molar-refractivity contribution is 5.83. The highest BCUT2D eigenvalue weighted by Crippen LogP contribution is 2.16. The maximum atomic E-state index is 11.7. The van der Waals surface area contributed by atoms with Crippen LogP contribution in [0, 0.1) is 0 Å². The third-order valence-corrected chi connectivity index (χ3v) is 2.55. The Morgan fingerprint density at radius 1 is 1.62 bits per heavy atom. The molecule has 6 nitrogen and oxygen atoms in total. The molecular weight excluding hydrogens is 210 g/mol. The van der Waals surface area contributed by atoms with E-state index >= 15 is 0 Å². The van der Waals surface area contributed by atoms with E-state index in [0.29, 0.717) is 19.5 Å². The maximum absolute atomic E-state index is 11.7. The number of fused-ring (bicyclic) bond motifs is 1. The number of aromatic nitrogens is 1. The summed E-state index contributed by atoms with van der Waals surface area (Å²) in [6.45, 7) is 2.58. The van der Waals surface area contributed by atoms with Crippen molar-refractivity contribution in [2.45, 2.75) is 19.9 Å². The number of amides is 2. The number of carbonyl (C=O) groups is 2. The quantitative estimate of drug-likeness (QED) is 0.746. The largest absolute Gasteiger partial charge is 0.364 e. The van der Waals surface area contributed by atoms with Gasteiger partial charge in [0.2, 0.25) is 11.8 Å². The molecule has 0 spiro atoms. The molecule has 2 heterocycles. The summed E-state index contributed by atoms with van der Waals surface area (Å²) in [5, 5.41) is 6.33. The average molecular weight is 223 g/mol. The molecule has 0 fully saturated rings. The lowest BCUT2D eigenvalue weighted by molar-refractivity contribution is -0.133. The lowest BCUT2D eigenvalue weighted by atomic mass is 10.1. The molecular formula is C10H13N3O3. The summed E-state index contributed by atoms with van der Waals surface area (Å²) in [5.74, 6) is -0.280. The number of hydrogen-bond acceptors (Lipinski definition) is 4. The monoisotopic (exact) mass is 223 g/mol. The first kappa shape index (κ1) is 10.7. The van der Waals surface area contributed by atoms with E-state index in [-0.39, 0.29) is 18.4 Å². The van der Waals surface area contributed by atoms with Gasteiger partial charge in [-0.05, 0) is 0 Å². The van der Waals surface area contributed by atoms with E-state index in [2.05, 4.69) is 10.5 Å². The molecule has 1 aromatic heterocycles. The van der Waals surface area contributed by atoms with E-state index in [1.807, 2.05) is 0 Å². The second-order valence-electron chi connectivity index (χ2n) is 3.76. The Morgan fingerprint density at radius 3 is 3.19 bits per heavy atom.